The summed E-state index contributed by atoms with van der Waals surface area (Å²) in [5.74, 6) is 0.0240. The van der Waals surface area contributed by atoms with E-state index in [0.29, 0.717) is 6.42 Å². The van der Waals surface area contributed by atoms with Crippen molar-refractivity contribution in [1.29, 1.82) is 0 Å². The molecule has 1 aromatic rings. The lowest BCUT2D eigenvalue weighted by atomic mass is 10.2. The van der Waals surface area contributed by atoms with E-state index < -0.39 is 0 Å². The van der Waals surface area contributed by atoms with Crippen LogP contribution in [-0.2, 0) is 11.2 Å². The zero-order chi connectivity index (χ0) is 9.97. The molecule has 4 nitrogen and oxygen atoms in total. The molecule has 0 aliphatic heterocycles. The third-order valence-electron chi connectivity index (χ3n) is 2.27. The topological polar surface area (TPSA) is 68.0 Å². The standard InChI is InChI=1S/C10H13N3O/c11-8-5-9(8)13-10(14)4-7-2-1-3-12-6-7/h1-3,6,8-9H,4-5,11H2,(H,13,14). The van der Waals surface area contributed by atoms with Crippen molar-refractivity contribution in [3.8, 4) is 0 Å². The van der Waals surface area contributed by atoms with Crippen LogP contribution in [0.2, 0.25) is 0 Å². The van der Waals surface area contributed by atoms with Gasteiger partial charge in [-0.25, -0.2) is 0 Å². The number of hydrogen-bond donors (Lipinski definition) is 2. The summed E-state index contributed by atoms with van der Waals surface area (Å²) >= 11 is 0. The van der Waals surface area contributed by atoms with E-state index in [1.165, 1.54) is 0 Å². The third kappa shape index (κ3) is 2.29. The smallest absolute Gasteiger partial charge is 0.224 e. The highest BCUT2D eigenvalue weighted by Gasteiger charge is 2.34. The van der Waals surface area contributed by atoms with Gasteiger partial charge >= 0.3 is 0 Å². The van der Waals surface area contributed by atoms with Gasteiger partial charge in [-0.15, -0.1) is 0 Å². The lowest BCUT2D eigenvalue weighted by Gasteiger charge is -2.02. The van der Waals surface area contributed by atoms with Crippen LogP contribution in [0.1, 0.15) is 12.0 Å². The second kappa shape index (κ2) is 3.75. The fourth-order valence-electron chi connectivity index (χ4n) is 1.33. The lowest BCUT2D eigenvalue weighted by molar-refractivity contribution is -0.120. The summed E-state index contributed by atoms with van der Waals surface area (Å²) in [5, 5.41) is 2.86. The molecule has 0 radical (unpaired) electrons. The predicted molar refractivity (Wildman–Crippen MR) is 52.5 cm³/mol. The molecular formula is C10H13N3O. The van der Waals surface area contributed by atoms with Crippen molar-refractivity contribution < 1.29 is 4.79 Å². The van der Waals surface area contributed by atoms with Crippen LogP contribution >= 0.6 is 0 Å². The number of carbonyl (C=O) groups excluding carboxylic acids is 1. The van der Waals surface area contributed by atoms with Crippen molar-refractivity contribution in [2.45, 2.75) is 24.9 Å². The van der Waals surface area contributed by atoms with Gasteiger partial charge in [-0.2, -0.15) is 0 Å². The summed E-state index contributed by atoms with van der Waals surface area (Å²) < 4.78 is 0. The van der Waals surface area contributed by atoms with Gasteiger partial charge in [0, 0.05) is 24.5 Å². The van der Waals surface area contributed by atoms with Gasteiger partial charge in [0.2, 0.25) is 5.91 Å². The van der Waals surface area contributed by atoms with E-state index in [1.54, 1.807) is 12.4 Å². The van der Waals surface area contributed by atoms with Crippen LogP contribution in [0.5, 0.6) is 0 Å². The summed E-state index contributed by atoms with van der Waals surface area (Å²) in [7, 11) is 0. The molecule has 4 heteroatoms. The van der Waals surface area contributed by atoms with Crippen molar-refractivity contribution in [2.75, 3.05) is 0 Å². The number of carbonyl (C=O) groups is 1. The van der Waals surface area contributed by atoms with E-state index in [0.717, 1.165) is 12.0 Å². The molecular weight excluding hydrogens is 178 g/mol. The normalized spacial score (nSPS) is 24.4. The summed E-state index contributed by atoms with van der Waals surface area (Å²) in [5.41, 5.74) is 6.51. The zero-order valence-electron chi connectivity index (χ0n) is 7.81. The molecule has 14 heavy (non-hydrogen) atoms. The number of hydrogen-bond acceptors (Lipinski definition) is 3. The minimum absolute atomic E-state index is 0.0240. The molecule has 2 atom stereocenters. The van der Waals surface area contributed by atoms with Crippen LogP contribution in [0.4, 0.5) is 0 Å². The molecule has 1 aliphatic carbocycles. The first-order chi connectivity index (χ1) is 6.75. The maximum atomic E-state index is 11.4. The Bertz CT molecular complexity index is 325. The van der Waals surface area contributed by atoms with Crippen LogP contribution in [0.25, 0.3) is 0 Å². The highest BCUT2D eigenvalue weighted by atomic mass is 16.1. The Morgan fingerprint density at radius 3 is 3.07 bits per heavy atom. The summed E-state index contributed by atoms with van der Waals surface area (Å²) in [6.07, 6.45) is 4.68. The Hall–Kier alpha value is -1.42. The van der Waals surface area contributed by atoms with E-state index >= 15 is 0 Å². The molecule has 1 fully saturated rings. The van der Waals surface area contributed by atoms with Gasteiger partial charge < -0.3 is 11.1 Å². The molecule has 0 saturated heterocycles. The van der Waals surface area contributed by atoms with Gasteiger partial charge in [0.05, 0.1) is 6.42 Å². The minimum atomic E-state index is 0.0240. The third-order valence-corrected chi connectivity index (χ3v) is 2.27. The maximum Gasteiger partial charge on any atom is 0.224 e. The molecule has 1 saturated carbocycles. The molecule has 0 spiro atoms. The van der Waals surface area contributed by atoms with Gasteiger partial charge in [-0.1, -0.05) is 6.07 Å². The Labute approximate surface area is 82.5 Å². The molecule has 2 unspecified atom stereocenters. The Morgan fingerprint density at radius 2 is 2.50 bits per heavy atom. The van der Waals surface area contributed by atoms with Crippen molar-refractivity contribution in [1.82, 2.24) is 10.3 Å². The fraction of sp³-hybridized carbons (Fsp3) is 0.400. The number of rotatable bonds is 3. The second-order valence-corrected chi connectivity index (χ2v) is 3.61. The highest BCUT2D eigenvalue weighted by Crippen LogP contribution is 2.17. The lowest BCUT2D eigenvalue weighted by Crippen LogP contribution is -2.30. The molecule has 1 heterocycles. The maximum absolute atomic E-state index is 11.4. The SMILES string of the molecule is NC1CC1NC(=O)Cc1cccnc1. The van der Waals surface area contributed by atoms with Gasteiger partial charge in [0.25, 0.3) is 0 Å². The monoisotopic (exact) mass is 191 g/mol. The predicted octanol–water partition coefficient (Wildman–Crippen LogP) is -0.160. The molecule has 74 valence electrons. The first kappa shape index (κ1) is 9.15. The number of nitrogens with two attached hydrogens (primary N) is 1. The molecule has 0 aromatic carbocycles. The summed E-state index contributed by atoms with van der Waals surface area (Å²) in [6, 6.07) is 4.07. The number of nitrogens with zero attached hydrogens (tertiary/aromatic N) is 1. The molecule has 1 aliphatic rings. The number of aromatic nitrogens is 1. The fourth-order valence-corrected chi connectivity index (χ4v) is 1.33. The first-order valence-corrected chi connectivity index (χ1v) is 4.69. The second-order valence-electron chi connectivity index (χ2n) is 3.61. The highest BCUT2D eigenvalue weighted by molar-refractivity contribution is 5.79. The van der Waals surface area contributed by atoms with Crippen molar-refractivity contribution in [2.24, 2.45) is 5.73 Å². The van der Waals surface area contributed by atoms with Crippen LogP contribution in [0, 0.1) is 0 Å². The molecule has 0 bridgehead atoms. The Kier molecular flexibility index (Phi) is 2.45. The number of nitrogens with one attached hydrogen (secondary N) is 1. The number of pyridine rings is 1. The summed E-state index contributed by atoms with van der Waals surface area (Å²) in [4.78, 5) is 15.4. The largest absolute Gasteiger partial charge is 0.351 e. The molecule has 2 rings (SSSR count). The van der Waals surface area contributed by atoms with E-state index in [1.807, 2.05) is 12.1 Å². The first-order valence-electron chi connectivity index (χ1n) is 4.69. The van der Waals surface area contributed by atoms with Gasteiger partial charge in [0.1, 0.15) is 0 Å². The number of amides is 1. The zero-order valence-corrected chi connectivity index (χ0v) is 7.81. The van der Waals surface area contributed by atoms with E-state index in [-0.39, 0.29) is 18.0 Å². The average Bonchev–Trinajstić information content (AvgIpc) is 2.83. The quantitative estimate of drug-likeness (QED) is 0.697. The molecule has 3 N–H and O–H groups in total. The Balaban J connectivity index is 1.83. The minimum Gasteiger partial charge on any atom is -0.351 e. The average molecular weight is 191 g/mol. The van der Waals surface area contributed by atoms with Crippen LogP contribution in [0.3, 0.4) is 0 Å². The van der Waals surface area contributed by atoms with Gasteiger partial charge in [-0.05, 0) is 18.1 Å². The van der Waals surface area contributed by atoms with E-state index in [4.69, 9.17) is 5.73 Å². The van der Waals surface area contributed by atoms with Crippen molar-refractivity contribution in [3.05, 3.63) is 30.1 Å². The molecule has 1 aromatic heterocycles. The van der Waals surface area contributed by atoms with Crippen molar-refractivity contribution in [3.63, 3.8) is 0 Å². The van der Waals surface area contributed by atoms with Gasteiger partial charge in [-0.3, -0.25) is 9.78 Å². The van der Waals surface area contributed by atoms with Gasteiger partial charge in [0.15, 0.2) is 0 Å². The Morgan fingerprint density at radius 1 is 1.71 bits per heavy atom. The van der Waals surface area contributed by atoms with Crippen LogP contribution in [-0.4, -0.2) is 23.0 Å². The molecule has 1 amide bonds. The van der Waals surface area contributed by atoms with E-state index in [2.05, 4.69) is 10.3 Å². The summed E-state index contributed by atoms with van der Waals surface area (Å²) in [6.45, 7) is 0. The van der Waals surface area contributed by atoms with Crippen LogP contribution in [0.15, 0.2) is 24.5 Å². The van der Waals surface area contributed by atoms with Crippen molar-refractivity contribution >= 4 is 5.91 Å². The van der Waals surface area contributed by atoms with Crippen LogP contribution < -0.4 is 11.1 Å². The van der Waals surface area contributed by atoms with E-state index in [9.17, 15) is 4.79 Å².